The standard InChI is InChI=1S/C29H26ClN5O2S/c1-20(31)32-29(34-38(36,37)26-16-13-21-7-5-6-10-24(21)19-26)35-18-17-27(22-8-3-2-4-9-22)28(33-35)23-11-14-25(30)15-12-23/h2-16,19,27H,17-18H2,1H3,(H2,31,32,34). The summed E-state index contributed by atoms with van der Waals surface area (Å²) < 4.78 is 30.9. The minimum atomic E-state index is -4.10. The van der Waals surface area contributed by atoms with Gasteiger partial charge in [-0.3, -0.25) is 0 Å². The second-order valence-corrected chi connectivity index (χ2v) is 11.0. The first kappa shape index (κ1) is 25.6. The molecule has 1 atom stereocenters. The molecule has 38 heavy (non-hydrogen) atoms. The summed E-state index contributed by atoms with van der Waals surface area (Å²) in [7, 11) is -4.10. The summed E-state index contributed by atoms with van der Waals surface area (Å²) >= 11 is 6.14. The Bertz CT molecular complexity index is 1660. The topological polar surface area (TPSA) is 100 Å². The van der Waals surface area contributed by atoms with Crippen molar-refractivity contribution in [2.45, 2.75) is 24.2 Å². The smallest absolute Gasteiger partial charge is 0.285 e. The molecule has 0 saturated heterocycles. The van der Waals surface area contributed by atoms with Crippen LogP contribution in [0.5, 0.6) is 0 Å². The molecular formula is C29H26ClN5O2S. The Morgan fingerprint density at radius 1 is 0.947 bits per heavy atom. The van der Waals surface area contributed by atoms with Crippen LogP contribution >= 0.6 is 11.6 Å². The van der Waals surface area contributed by atoms with E-state index >= 15 is 0 Å². The number of guanidine groups is 1. The minimum absolute atomic E-state index is 0.00470. The summed E-state index contributed by atoms with van der Waals surface area (Å²) in [5.41, 5.74) is 8.65. The molecule has 0 aromatic heterocycles. The third-order valence-corrected chi connectivity index (χ3v) is 7.76. The number of hydrazone groups is 1. The van der Waals surface area contributed by atoms with Crippen LogP contribution in [0.2, 0.25) is 5.02 Å². The van der Waals surface area contributed by atoms with Crippen LogP contribution in [-0.2, 0) is 10.0 Å². The van der Waals surface area contributed by atoms with Crippen molar-refractivity contribution in [3.8, 4) is 0 Å². The highest BCUT2D eigenvalue weighted by Gasteiger charge is 2.29. The number of hydrogen-bond donors (Lipinski definition) is 1. The second kappa shape index (κ2) is 10.8. The van der Waals surface area contributed by atoms with Gasteiger partial charge in [0.2, 0.25) is 0 Å². The molecule has 2 N–H and O–H groups in total. The molecule has 1 heterocycles. The molecule has 1 aliphatic rings. The number of nitrogens with two attached hydrogens (primary N) is 1. The molecule has 4 aromatic carbocycles. The van der Waals surface area contributed by atoms with E-state index in [-0.39, 0.29) is 22.6 Å². The van der Waals surface area contributed by atoms with Crippen LogP contribution in [-0.4, -0.2) is 37.5 Å². The van der Waals surface area contributed by atoms with Gasteiger partial charge in [0, 0.05) is 17.5 Å². The first-order valence-corrected chi connectivity index (χ1v) is 13.9. The Morgan fingerprint density at radius 2 is 1.63 bits per heavy atom. The lowest BCUT2D eigenvalue weighted by Crippen LogP contribution is -2.36. The fourth-order valence-corrected chi connectivity index (χ4v) is 5.54. The van der Waals surface area contributed by atoms with E-state index in [1.165, 1.54) is 5.01 Å². The Kier molecular flexibility index (Phi) is 7.26. The number of fused-ring (bicyclic) bond motifs is 1. The van der Waals surface area contributed by atoms with Crippen LogP contribution in [0, 0.1) is 0 Å². The maximum absolute atomic E-state index is 13.4. The number of nitrogens with zero attached hydrogens (tertiary/aromatic N) is 4. The van der Waals surface area contributed by atoms with E-state index in [0.717, 1.165) is 27.6 Å². The van der Waals surface area contributed by atoms with Crippen LogP contribution in [0.1, 0.15) is 30.4 Å². The molecule has 0 bridgehead atoms. The van der Waals surface area contributed by atoms with Crippen molar-refractivity contribution in [3.63, 3.8) is 0 Å². The molecule has 0 amide bonds. The van der Waals surface area contributed by atoms with Crippen LogP contribution in [0.15, 0.2) is 116 Å². The largest absolute Gasteiger partial charge is 0.387 e. The molecular weight excluding hydrogens is 518 g/mol. The van der Waals surface area contributed by atoms with Gasteiger partial charge in [-0.05, 0) is 59.5 Å². The van der Waals surface area contributed by atoms with Crippen molar-refractivity contribution in [1.82, 2.24) is 5.01 Å². The molecule has 0 fully saturated rings. The highest BCUT2D eigenvalue weighted by molar-refractivity contribution is 7.90. The Balaban J connectivity index is 1.60. The molecule has 7 nitrogen and oxygen atoms in total. The fourth-order valence-electron chi connectivity index (χ4n) is 4.44. The number of hydrogen-bond acceptors (Lipinski definition) is 3. The van der Waals surface area contributed by atoms with E-state index < -0.39 is 10.0 Å². The summed E-state index contributed by atoms with van der Waals surface area (Å²) in [5, 5.41) is 8.74. The predicted molar refractivity (Wildman–Crippen MR) is 154 cm³/mol. The van der Waals surface area contributed by atoms with Crippen molar-refractivity contribution >= 4 is 49.9 Å². The van der Waals surface area contributed by atoms with E-state index in [0.29, 0.717) is 18.0 Å². The monoisotopic (exact) mass is 543 g/mol. The van der Waals surface area contributed by atoms with Gasteiger partial charge in [-0.1, -0.05) is 84.4 Å². The Hall–Kier alpha value is -4.01. The number of aliphatic imine (C=N–C) groups is 1. The van der Waals surface area contributed by atoms with Gasteiger partial charge in [-0.15, -0.1) is 4.40 Å². The third kappa shape index (κ3) is 5.61. The predicted octanol–water partition coefficient (Wildman–Crippen LogP) is 5.81. The van der Waals surface area contributed by atoms with Crippen molar-refractivity contribution in [2.24, 2.45) is 20.2 Å². The zero-order chi connectivity index (χ0) is 26.7. The quantitative estimate of drug-likeness (QED) is 0.259. The van der Waals surface area contributed by atoms with Crippen molar-refractivity contribution in [3.05, 3.63) is 113 Å². The van der Waals surface area contributed by atoms with Crippen LogP contribution in [0.25, 0.3) is 10.8 Å². The molecule has 0 saturated carbocycles. The average Bonchev–Trinajstić information content (AvgIpc) is 2.92. The van der Waals surface area contributed by atoms with Gasteiger partial charge >= 0.3 is 0 Å². The van der Waals surface area contributed by atoms with Gasteiger partial charge < -0.3 is 5.73 Å². The number of rotatable bonds is 4. The van der Waals surface area contributed by atoms with E-state index in [1.807, 2.05) is 66.7 Å². The van der Waals surface area contributed by atoms with Crippen LogP contribution in [0.4, 0.5) is 0 Å². The van der Waals surface area contributed by atoms with Gasteiger partial charge in [0.05, 0.1) is 16.4 Å². The average molecular weight is 544 g/mol. The van der Waals surface area contributed by atoms with Crippen LogP contribution < -0.4 is 5.73 Å². The number of amidine groups is 1. The summed E-state index contributed by atoms with van der Waals surface area (Å²) in [4.78, 5) is 4.35. The first-order valence-electron chi connectivity index (χ1n) is 12.1. The van der Waals surface area contributed by atoms with Crippen LogP contribution in [0.3, 0.4) is 0 Å². The van der Waals surface area contributed by atoms with Crippen molar-refractivity contribution in [1.29, 1.82) is 0 Å². The van der Waals surface area contributed by atoms with Crippen molar-refractivity contribution < 1.29 is 8.42 Å². The number of halogens is 1. The molecule has 9 heteroatoms. The Labute approximate surface area is 227 Å². The molecule has 0 aliphatic carbocycles. The lowest BCUT2D eigenvalue weighted by Gasteiger charge is -2.30. The van der Waals surface area contributed by atoms with Gasteiger partial charge in [0.15, 0.2) is 0 Å². The maximum Gasteiger partial charge on any atom is 0.285 e. The highest BCUT2D eigenvalue weighted by Crippen LogP contribution is 2.30. The SMILES string of the molecule is C/C(N)=N\C(=N\S(=O)(=O)c1ccc2ccccc2c1)N1CCC(c2ccccc2)C(c2ccc(Cl)cc2)=N1. The zero-order valence-electron chi connectivity index (χ0n) is 20.7. The van der Waals surface area contributed by atoms with Gasteiger partial charge in [-0.25, -0.2) is 5.01 Å². The molecule has 1 aliphatic heterocycles. The lowest BCUT2D eigenvalue weighted by molar-refractivity contribution is 0.400. The van der Waals surface area contributed by atoms with E-state index in [2.05, 4.69) is 21.5 Å². The third-order valence-electron chi connectivity index (χ3n) is 6.26. The fraction of sp³-hybridized carbons (Fsp3) is 0.138. The summed E-state index contributed by atoms with van der Waals surface area (Å²) in [6.45, 7) is 1.98. The summed E-state index contributed by atoms with van der Waals surface area (Å²) in [6, 6.07) is 30.0. The summed E-state index contributed by atoms with van der Waals surface area (Å²) in [6.07, 6.45) is 0.666. The van der Waals surface area contributed by atoms with Gasteiger partial charge in [-0.2, -0.15) is 18.5 Å². The Morgan fingerprint density at radius 3 is 2.34 bits per heavy atom. The van der Waals surface area contributed by atoms with E-state index in [1.54, 1.807) is 25.1 Å². The molecule has 0 spiro atoms. The number of sulfonamides is 1. The van der Waals surface area contributed by atoms with E-state index in [4.69, 9.17) is 22.4 Å². The molecule has 4 aromatic rings. The minimum Gasteiger partial charge on any atom is -0.387 e. The summed E-state index contributed by atoms with van der Waals surface area (Å²) in [5.74, 6) is 0.0805. The molecule has 0 radical (unpaired) electrons. The molecule has 1 unspecified atom stereocenters. The lowest BCUT2D eigenvalue weighted by atomic mass is 9.86. The number of benzene rings is 4. The molecule has 192 valence electrons. The maximum atomic E-state index is 13.4. The second-order valence-electron chi connectivity index (χ2n) is 9.00. The van der Waals surface area contributed by atoms with E-state index in [9.17, 15) is 8.42 Å². The first-order chi connectivity index (χ1) is 18.3. The van der Waals surface area contributed by atoms with Gasteiger partial charge in [0.25, 0.3) is 16.0 Å². The van der Waals surface area contributed by atoms with Crippen molar-refractivity contribution in [2.75, 3.05) is 6.54 Å². The zero-order valence-corrected chi connectivity index (χ0v) is 22.3. The normalized spacial score (nSPS) is 16.9. The molecule has 5 rings (SSSR count). The van der Waals surface area contributed by atoms with Gasteiger partial charge in [0.1, 0.15) is 0 Å². The highest BCUT2D eigenvalue weighted by atomic mass is 35.5.